The van der Waals surface area contributed by atoms with Gasteiger partial charge in [-0.25, -0.2) is 0 Å². The fourth-order valence-electron chi connectivity index (χ4n) is 5.49. The number of hydrogen-bond donors (Lipinski definition) is 1. The molecule has 2 nitrogen and oxygen atoms in total. The van der Waals surface area contributed by atoms with Crippen molar-refractivity contribution in [2.24, 2.45) is 23.7 Å². The van der Waals surface area contributed by atoms with Crippen LogP contribution in [0.5, 0.6) is 5.75 Å². The molecule has 1 aromatic carbocycles. The van der Waals surface area contributed by atoms with Gasteiger partial charge in [0.25, 0.3) is 0 Å². The lowest BCUT2D eigenvalue weighted by molar-refractivity contribution is -0.0142. The molecule has 0 saturated heterocycles. The molecule has 0 atom stereocenters. The molecule has 0 amide bonds. The predicted molar refractivity (Wildman–Crippen MR) is 101 cm³/mol. The monoisotopic (exact) mass is 441 g/mol. The van der Waals surface area contributed by atoms with Crippen molar-refractivity contribution in [3.05, 3.63) is 26.6 Å². The number of hydrogen-bond acceptors (Lipinski definition) is 2. The Hall–Kier alpha value is -0.0600. The first-order valence-corrected chi connectivity index (χ1v) is 10.6. The summed E-state index contributed by atoms with van der Waals surface area (Å²) in [6.07, 6.45) is 7.42. The third kappa shape index (κ3) is 3.23. The summed E-state index contributed by atoms with van der Waals surface area (Å²) in [7, 11) is 0. The SMILES string of the molecule is CCOc1c(Br)cc(CNC2C3CC4CC(C3)CC2C4)cc1Br. The van der Waals surface area contributed by atoms with Crippen LogP contribution in [-0.4, -0.2) is 12.6 Å². The Labute approximate surface area is 156 Å². The predicted octanol–water partition coefficient (Wildman–Crippen LogP) is 5.52. The lowest BCUT2D eigenvalue weighted by Crippen LogP contribution is -2.54. The second kappa shape index (κ2) is 6.68. The Morgan fingerprint density at radius 2 is 1.57 bits per heavy atom. The second-order valence-electron chi connectivity index (χ2n) is 7.66. The largest absolute Gasteiger partial charge is 0.492 e. The van der Waals surface area contributed by atoms with Crippen LogP contribution >= 0.6 is 31.9 Å². The van der Waals surface area contributed by atoms with E-state index >= 15 is 0 Å². The summed E-state index contributed by atoms with van der Waals surface area (Å²) in [6.45, 7) is 3.65. The summed E-state index contributed by atoms with van der Waals surface area (Å²) in [6, 6.07) is 5.13. The van der Waals surface area contributed by atoms with Gasteiger partial charge >= 0.3 is 0 Å². The van der Waals surface area contributed by atoms with Crippen molar-refractivity contribution in [1.82, 2.24) is 5.32 Å². The number of halogens is 2. The Kier molecular flexibility index (Phi) is 4.77. The molecule has 4 aliphatic carbocycles. The van der Waals surface area contributed by atoms with E-state index in [4.69, 9.17) is 4.74 Å². The highest BCUT2D eigenvalue weighted by Crippen LogP contribution is 2.53. The lowest BCUT2D eigenvalue weighted by Gasteiger charge is -2.54. The van der Waals surface area contributed by atoms with E-state index in [9.17, 15) is 0 Å². The highest BCUT2D eigenvalue weighted by molar-refractivity contribution is 9.11. The van der Waals surface area contributed by atoms with E-state index in [1.807, 2.05) is 6.92 Å². The summed E-state index contributed by atoms with van der Waals surface area (Å²) in [5, 5.41) is 3.90. The summed E-state index contributed by atoms with van der Waals surface area (Å²) in [4.78, 5) is 0. The third-order valence-corrected chi connectivity index (χ3v) is 7.29. The fraction of sp³-hybridized carbons (Fsp3) is 0.684. The molecule has 1 N–H and O–H groups in total. The normalized spacial score (nSPS) is 34.8. The quantitative estimate of drug-likeness (QED) is 0.647. The van der Waals surface area contributed by atoms with E-state index in [-0.39, 0.29) is 0 Å². The van der Waals surface area contributed by atoms with E-state index in [2.05, 4.69) is 49.3 Å². The van der Waals surface area contributed by atoms with E-state index in [1.54, 1.807) is 0 Å². The highest BCUT2D eigenvalue weighted by Gasteiger charge is 2.47. The van der Waals surface area contributed by atoms with Crippen LogP contribution in [0.4, 0.5) is 0 Å². The Balaban J connectivity index is 1.43. The fourth-order valence-corrected chi connectivity index (χ4v) is 7.00. The maximum absolute atomic E-state index is 5.68. The molecule has 0 heterocycles. The van der Waals surface area contributed by atoms with Crippen LogP contribution in [0, 0.1) is 23.7 Å². The third-order valence-electron chi connectivity index (χ3n) is 6.12. The molecule has 4 aliphatic rings. The molecule has 5 rings (SSSR count). The van der Waals surface area contributed by atoms with Crippen molar-refractivity contribution in [3.8, 4) is 5.75 Å². The zero-order valence-corrected chi connectivity index (χ0v) is 16.8. The first-order valence-electron chi connectivity index (χ1n) is 8.98. The molecule has 126 valence electrons. The van der Waals surface area contributed by atoms with Gasteiger partial charge in [0.2, 0.25) is 0 Å². The van der Waals surface area contributed by atoms with Crippen LogP contribution in [0.1, 0.15) is 44.6 Å². The molecule has 1 aromatic rings. The average Bonchev–Trinajstić information content (AvgIpc) is 2.49. The van der Waals surface area contributed by atoms with E-state index in [1.165, 1.54) is 37.7 Å². The van der Waals surface area contributed by atoms with Crippen molar-refractivity contribution in [2.75, 3.05) is 6.61 Å². The van der Waals surface area contributed by atoms with Gasteiger partial charge in [-0.2, -0.15) is 0 Å². The number of rotatable bonds is 5. The molecule has 0 aliphatic heterocycles. The molecule has 0 unspecified atom stereocenters. The van der Waals surface area contributed by atoms with Gasteiger partial charge < -0.3 is 10.1 Å². The first-order chi connectivity index (χ1) is 11.1. The van der Waals surface area contributed by atoms with Gasteiger partial charge in [0.1, 0.15) is 5.75 Å². The maximum atomic E-state index is 5.68. The van der Waals surface area contributed by atoms with Crippen LogP contribution < -0.4 is 10.1 Å². The number of nitrogens with one attached hydrogen (secondary N) is 1. The van der Waals surface area contributed by atoms with Crippen LogP contribution in [0.2, 0.25) is 0 Å². The van der Waals surface area contributed by atoms with Crippen molar-refractivity contribution < 1.29 is 4.74 Å². The molecular weight excluding hydrogens is 418 g/mol. The van der Waals surface area contributed by atoms with Gasteiger partial charge in [-0.15, -0.1) is 0 Å². The summed E-state index contributed by atoms with van der Waals surface area (Å²) < 4.78 is 7.76. The van der Waals surface area contributed by atoms with Gasteiger partial charge in [-0.3, -0.25) is 0 Å². The first kappa shape index (κ1) is 16.4. The molecule has 4 saturated carbocycles. The molecule has 4 bridgehead atoms. The summed E-state index contributed by atoms with van der Waals surface area (Å²) in [5.41, 5.74) is 1.32. The summed E-state index contributed by atoms with van der Waals surface area (Å²) >= 11 is 7.29. The van der Waals surface area contributed by atoms with E-state index in [0.29, 0.717) is 6.61 Å². The minimum absolute atomic E-state index is 0.683. The van der Waals surface area contributed by atoms with Crippen molar-refractivity contribution >= 4 is 31.9 Å². The highest BCUT2D eigenvalue weighted by atomic mass is 79.9. The molecular formula is C19H25Br2NO. The van der Waals surface area contributed by atoms with E-state index in [0.717, 1.165) is 51.0 Å². The van der Waals surface area contributed by atoms with Crippen LogP contribution in [-0.2, 0) is 6.54 Å². The van der Waals surface area contributed by atoms with Crippen molar-refractivity contribution in [2.45, 2.75) is 51.6 Å². The Morgan fingerprint density at radius 3 is 2.09 bits per heavy atom. The smallest absolute Gasteiger partial charge is 0.147 e. The minimum Gasteiger partial charge on any atom is -0.492 e. The average molecular weight is 443 g/mol. The molecule has 0 spiro atoms. The molecule has 4 heteroatoms. The van der Waals surface area contributed by atoms with Crippen LogP contribution in [0.3, 0.4) is 0 Å². The maximum Gasteiger partial charge on any atom is 0.147 e. The number of benzene rings is 1. The molecule has 23 heavy (non-hydrogen) atoms. The van der Waals surface area contributed by atoms with Gasteiger partial charge in [-0.05, 0) is 112 Å². The molecule has 0 aromatic heterocycles. The topological polar surface area (TPSA) is 21.3 Å². The number of ether oxygens (including phenoxy) is 1. The van der Waals surface area contributed by atoms with Gasteiger partial charge in [0.05, 0.1) is 15.6 Å². The van der Waals surface area contributed by atoms with Crippen LogP contribution in [0.15, 0.2) is 21.1 Å². The van der Waals surface area contributed by atoms with Gasteiger partial charge in [-0.1, -0.05) is 0 Å². The van der Waals surface area contributed by atoms with E-state index < -0.39 is 0 Å². The van der Waals surface area contributed by atoms with Crippen LogP contribution in [0.25, 0.3) is 0 Å². The summed E-state index contributed by atoms with van der Waals surface area (Å²) in [5.74, 6) is 4.86. The standard InChI is InChI=1S/C19H25Br2NO/c1-2-23-19-16(20)8-13(9-17(19)21)10-22-18-14-4-11-3-12(6-14)7-15(18)5-11/h8-9,11-12,14-15,18,22H,2-7,10H2,1H3. The van der Waals surface area contributed by atoms with Gasteiger partial charge in [0.15, 0.2) is 0 Å². The zero-order chi connectivity index (χ0) is 16.0. The van der Waals surface area contributed by atoms with Gasteiger partial charge in [0, 0.05) is 12.6 Å². The molecule has 0 radical (unpaired) electrons. The van der Waals surface area contributed by atoms with Crippen molar-refractivity contribution in [1.29, 1.82) is 0 Å². The van der Waals surface area contributed by atoms with Crippen molar-refractivity contribution in [3.63, 3.8) is 0 Å². The zero-order valence-electron chi connectivity index (χ0n) is 13.7. The second-order valence-corrected chi connectivity index (χ2v) is 9.37. The minimum atomic E-state index is 0.683. The Bertz CT molecular complexity index is 538. The molecule has 4 fully saturated rings. The Morgan fingerprint density at radius 1 is 1.00 bits per heavy atom. The lowest BCUT2D eigenvalue weighted by atomic mass is 9.54.